The summed E-state index contributed by atoms with van der Waals surface area (Å²) < 4.78 is 7.75. The predicted octanol–water partition coefficient (Wildman–Crippen LogP) is 3.15. The first kappa shape index (κ1) is 18.1. The van der Waals surface area contributed by atoms with Gasteiger partial charge in [-0.15, -0.1) is 16.8 Å². The van der Waals surface area contributed by atoms with Gasteiger partial charge in [-0.3, -0.25) is 9.36 Å². The number of hydrogen-bond acceptors (Lipinski definition) is 5. The molecule has 1 aromatic carbocycles. The highest BCUT2D eigenvalue weighted by Gasteiger charge is 2.14. The summed E-state index contributed by atoms with van der Waals surface area (Å²) in [6.45, 7) is 10.6. The Morgan fingerprint density at radius 1 is 1.38 bits per heavy atom. The molecule has 0 atom stereocenters. The monoisotopic (exact) mass is 347 g/mol. The number of carboxylic acid groups (broad SMARTS) is 1. The van der Waals surface area contributed by atoms with E-state index in [2.05, 4.69) is 29.8 Å². The highest BCUT2D eigenvalue weighted by molar-refractivity contribution is 7.99. The molecule has 0 radical (unpaired) electrons. The molecule has 2 aromatic rings. The number of benzene rings is 1. The van der Waals surface area contributed by atoms with Gasteiger partial charge in [0.2, 0.25) is 0 Å². The second-order valence-corrected chi connectivity index (χ2v) is 6.42. The van der Waals surface area contributed by atoms with Crippen LogP contribution in [0.3, 0.4) is 0 Å². The summed E-state index contributed by atoms with van der Waals surface area (Å²) in [6.07, 6.45) is 1.72. The molecule has 7 heteroatoms. The summed E-state index contributed by atoms with van der Waals surface area (Å²) in [5, 5.41) is 17.6. The maximum atomic E-state index is 10.7. The SMILES string of the molecule is C=CCn1c(COc2cc(C)cc(C)c2C)nnc1SCC(=O)O. The average molecular weight is 347 g/mol. The van der Waals surface area contributed by atoms with Crippen LogP contribution in [0, 0.1) is 20.8 Å². The van der Waals surface area contributed by atoms with Crippen LogP contribution < -0.4 is 4.74 Å². The minimum atomic E-state index is -0.892. The largest absolute Gasteiger partial charge is 0.485 e. The first-order valence-electron chi connectivity index (χ1n) is 7.50. The summed E-state index contributed by atoms with van der Waals surface area (Å²) in [7, 11) is 0. The Kier molecular flexibility index (Phi) is 6.03. The van der Waals surface area contributed by atoms with Crippen LogP contribution in [0.1, 0.15) is 22.5 Å². The van der Waals surface area contributed by atoms with E-state index < -0.39 is 5.97 Å². The van der Waals surface area contributed by atoms with Crippen molar-refractivity contribution >= 4 is 17.7 Å². The first-order chi connectivity index (χ1) is 11.4. The van der Waals surface area contributed by atoms with Crippen LogP contribution in [0.5, 0.6) is 5.75 Å². The van der Waals surface area contributed by atoms with E-state index in [0.29, 0.717) is 17.5 Å². The van der Waals surface area contributed by atoms with Crippen molar-refractivity contribution in [2.45, 2.75) is 39.1 Å². The number of allylic oxidation sites excluding steroid dienone is 1. The number of carboxylic acids is 1. The number of aliphatic carboxylic acids is 1. The lowest BCUT2D eigenvalue weighted by atomic mass is 10.1. The van der Waals surface area contributed by atoms with E-state index >= 15 is 0 Å². The summed E-state index contributed by atoms with van der Waals surface area (Å²) >= 11 is 1.13. The lowest BCUT2D eigenvalue weighted by molar-refractivity contribution is -0.133. The minimum Gasteiger partial charge on any atom is -0.485 e. The van der Waals surface area contributed by atoms with E-state index in [4.69, 9.17) is 9.84 Å². The van der Waals surface area contributed by atoms with Gasteiger partial charge in [0.25, 0.3) is 0 Å². The van der Waals surface area contributed by atoms with Crippen molar-refractivity contribution in [2.75, 3.05) is 5.75 Å². The zero-order valence-corrected chi connectivity index (χ0v) is 14.9. The number of hydrogen-bond donors (Lipinski definition) is 1. The zero-order chi connectivity index (χ0) is 17.7. The fourth-order valence-electron chi connectivity index (χ4n) is 2.26. The maximum Gasteiger partial charge on any atom is 0.313 e. The van der Waals surface area contributed by atoms with Crippen LogP contribution in [0.25, 0.3) is 0 Å². The van der Waals surface area contributed by atoms with Crippen molar-refractivity contribution in [3.8, 4) is 5.75 Å². The highest BCUT2D eigenvalue weighted by atomic mass is 32.2. The molecule has 0 fully saturated rings. The van der Waals surface area contributed by atoms with Crippen LogP contribution in [-0.2, 0) is 17.9 Å². The summed E-state index contributed by atoms with van der Waals surface area (Å²) in [5.41, 5.74) is 3.41. The molecule has 2 rings (SSSR count). The zero-order valence-electron chi connectivity index (χ0n) is 14.1. The van der Waals surface area contributed by atoms with E-state index in [1.807, 2.05) is 24.5 Å². The van der Waals surface area contributed by atoms with Crippen molar-refractivity contribution in [3.63, 3.8) is 0 Å². The molecule has 6 nitrogen and oxygen atoms in total. The molecule has 0 aliphatic heterocycles. The van der Waals surface area contributed by atoms with Crippen molar-refractivity contribution in [2.24, 2.45) is 0 Å². The average Bonchev–Trinajstić information content (AvgIpc) is 2.90. The highest BCUT2D eigenvalue weighted by Crippen LogP contribution is 2.24. The van der Waals surface area contributed by atoms with Crippen LogP contribution >= 0.6 is 11.8 Å². The molecule has 0 bridgehead atoms. The predicted molar refractivity (Wildman–Crippen MR) is 93.6 cm³/mol. The molecule has 0 unspecified atom stereocenters. The Bertz CT molecular complexity index is 756. The third-order valence-electron chi connectivity index (χ3n) is 3.55. The Morgan fingerprint density at radius 2 is 2.12 bits per heavy atom. The van der Waals surface area contributed by atoms with Crippen molar-refractivity contribution in [1.82, 2.24) is 14.8 Å². The number of thioether (sulfide) groups is 1. The molecule has 1 N–H and O–H groups in total. The smallest absolute Gasteiger partial charge is 0.313 e. The van der Waals surface area contributed by atoms with Crippen LogP contribution in [0.15, 0.2) is 29.9 Å². The summed E-state index contributed by atoms with van der Waals surface area (Å²) in [4.78, 5) is 10.7. The summed E-state index contributed by atoms with van der Waals surface area (Å²) in [6, 6.07) is 4.11. The Balaban J connectivity index is 2.17. The van der Waals surface area contributed by atoms with Crippen molar-refractivity contribution < 1.29 is 14.6 Å². The van der Waals surface area contributed by atoms with Crippen LogP contribution in [0.4, 0.5) is 0 Å². The molecular formula is C17H21N3O3S. The Labute approximate surface area is 145 Å². The lowest BCUT2D eigenvalue weighted by Gasteiger charge is -2.13. The number of aromatic nitrogens is 3. The number of rotatable bonds is 8. The molecule has 1 heterocycles. The van der Waals surface area contributed by atoms with Gasteiger partial charge in [0.1, 0.15) is 12.4 Å². The van der Waals surface area contributed by atoms with Gasteiger partial charge in [-0.05, 0) is 43.5 Å². The number of carbonyl (C=O) groups is 1. The van der Waals surface area contributed by atoms with Gasteiger partial charge in [-0.1, -0.05) is 23.9 Å². The van der Waals surface area contributed by atoms with Gasteiger partial charge in [0, 0.05) is 6.54 Å². The molecule has 0 saturated heterocycles. The fraction of sp³-hybridized carbons (Fsp3) is 0.353. The van der Waals surface area contributed by atoms with Crippen LogP contribution in [0.2, 0.25) is 0 Å². The first-order valence-corrected chi connectivity index (χ1v) is 8.49. The standard InChI is InChI=1S/C17H21N3O3S/c1-5-6-20-15(18-19-17(20)24-10-16(21)22)9-23-14-8-11(2)7-12(3)13(14)4/h5,7-8H,1,6,9-10H2,2-4H3,(H,21,22). The molecule has 0 aliphatic rings. The molecule has 0 spiro atoms. The van der Waals surface area contributed by atoms with E-state index in [1.54, 1.807) is 6.08 Å². The topological polar surface area (TPSA) is 77.2 Å². The fourth-order valence-corrected chi connectivity index (χ4v) is 2.95. The van der Waals surface area contributed by atoms with E-state index in [9.17, 15) is 4.79 Å². The number of ether oxygens (including phenoxy) is 1. The maximum absolute atomic E-state index is 10.7. The van der Waals surface area contributed by atoms with Gasteiger partial charge in [-0.25, -0.2) is 0 Å². The quantitative estimate of drug-likeness (QED) is 0.584. The Morgan fingerprint density at radius 3 is 2.79 bits per heavy atom. The lowest BCUT2D eigenvalue weighted by Crippen LogP contribution is -2.09. The molecular weight excluding hydrogens is 326 g/mol. The summed E-state index contributed by atoms with van der Waals surface area (Å²) in [5.74, 6) is 0.505. The van der Waals surface area contributed by atoms with Gasteiger partial charge in [-0.2, -0.15) is 0 Å². The molecule has 1 aromatic heterocycles. The van der Waals surface area contributed by atoms with E-state index in [-0.39, 0.29) is 12.4 Å². The van der Waals surface area contributed by atoms with E-state index in [1.165, 1.54) is 5.56 Å². The van der Waals surface area contributed by atoms with Crippen molar-refractivity contribution in [3.05, 3.63) is 47.3 Å². The molecule has 128 valence electrons. The normalized spacial score (nSPS) is 10.6. The second-order valence-electron chi connectivity index (χ2n) is 5.47. The minimum absolute atomic E-state index is 0.0632. The van der Waals surface area contributed by atoms with Crippen molar-refractivity contribution in [1.29, 1.82) is 0 Å². The van der Waals surface area contributed by atoms with Gasteiger partial charge < -0.3 is 9.84 Å². The van der Waals surface area contributed by atoms with Crippen LogP contribution in [-0.4, -0.2) is 31.6 Å². The Hall–Kier alpha value is -2.28. The molecule has 0 aliphatic carbocycles. The molecule has 0 amide bonds. The van der Waals surface area contributed by atoms with Gasteiger partial charge in [0.15, 0.2) is 11.0 Å². The second kappa shape index (κ2) is 8.01. The molecule has 0 saturated carbocycles. The number of nitrogens with zero attached hydrogens (tertiary/aromatic N) is 3. The van der Waals surface area contributed by atoms with Gasteiger partial charge >= 0.3 is 5.97 Å². The molecule has 24 heavy (non-hydrogen) atoms. The third-order valence-corrected chi connectivity index (χ3v) is 4.50. The van der Waals surface area contributed by atoms with E-state index in [0.717, 1.165) is 28.6 Å². The number of aryl methyl sites for hydroxylation is 2. The third kappa shape index (κ3) is 4.38. The van der Waals surface area contributed by atoms with Gasteiger partial charge in [0.05, 0.1) is 5.75 Å².